The number of anilines is 2. The van der Waals surface area contributed by atoms with E-state index in [-0.39, 0.29) is 5.91 Å². The fraction of sp³-hybridized carbons (Fsp3) is 0.267. The molecule has 0 spiro atoms. The van der Waals surface area contributed by atoms with Crippen LogP contribution in [0.25, 0.3) is 0 Å². The topological polar surface area (TPSA) is 41.6 Å². The number of carbonyl (C=O) groups is 1. The average Bonchev–Trinajstić information content (AvgIpc) is 3.10. The lowest BCUT2D eigenvalue weighted by molar-refractivity contribution is -0.115. The summed E-state index contributed by atoms with van der Waals surface area (Å²) in [6.07, 6.45) is 0.325. The van der Waals surface area contributed by atoms with Crippen molar-refractivity contribution in [1.29, 1.82) is 0 Å². The third-order valence-corrected chi connectivity index (χ3v) is 4.68. The zero-order chi connectivity index (χ0) is 14.8. The van der Waals surface area contributed by atoms with Crippen LogP contribution in [0.2, 0.25) is 5.02 Å². The number of likely N-dealkylation sites (N-methyl/N-ethyl adjacent to an activating group) is 1. The summed E-state index contributed by atoms with van der Waals surface area (Å²) >= 11 is 7.78. The number of rotatable bonds is 5. The number of nitrogens with zero attached hydrogens (tertiary/aromatic N) is 1. The summed E-state index contributed by atoms with van der Waals surface area (Å²) in [6, 6.07) is 7.69. The monoisotopic (exact) mass is 322 g/mol. The molecule has 0 saturated heterocycles. The first-order chi connectivity index (χ1) is 10.1. The van der Waals surface area contributed by atoms with Crippen LogP contribution in [0.5, 0.6) is 5.75 Å². The Bertz CT molecular complexity index is 658. The number of fused-ring (bicyclic) bond motifs is 1. The first-order valence-electron chi connectivity index (χ1n) is 6.64. The van der Waals surface area contributed by atoms with Crippen molar-refractivity contribution in [3.8, 4) is 5.75 Å². The summed E-state index contributed by atoms with van der Waals surface area (Å²) in [5.41, 5.74) is 1.54. The molecule has 2 aromatic rings. The van der Waals surface area contributed by atoms with Crippen LogP contribution < -0.4 is 15.0 Å². The smallest absolute Gasteiger partial charge is 0.229 e. The summed E-state index contributed by atoms with van der Waals surface area (Å²) < 4.78 is 5.83. The maximum absolute atomic E-state index is 11.5. The van der Waals surface area contributed by atoms with Crippen LogP contribution in [0.4, 0.5) is 10.7 Å². The van der Waals surface area contributed by atoms with Crippen LogP contribution >= 0.6 is 22.9 Å². The fourth-order valence-corrected chi connectivity index (χ4v) is 3.23. The van der Waals surface area contributed by atoms with Gasteiger partial charge in [0.15, 0.2) is 0 Å². The molecular formula is C15H15ClN2O2S. The Kier molecular flexibility index (Phi) is 4.03. The lowest BCUT2D eigenvalue weighted by Crippen LogP contribution is -2.23. The molecule has 3 rings (SSSR count). The molecule has 1 aromatic carbocycles. The van der Waals surface area contributed by atoms with Gasteiger partial charge in [-0.05, 0) is 29.6 Å². The maximum Gasteiger partial charge on any atom is 0.229 e. The zero-order valence-corrected chi connectivity index (χ0v) is 13.1. The molecule has 1 aliphatic rings. The molecule has 110 valence electrons. The first-order valence-corrected chi connectivity index (χ1v) is 7.89. The highest BCUT2D eigenvalue weighted by Crippen LogP contribution is 2.37. The Morgan fingerprint density at radius 2 is 2.29 bits per heavy atom. The summed E-state index contributed by atoms with van der Waals surface area (Å²) in [5, 5.41) is 6.58. The van der Waals surface area contributed by atoms with Crippen LogP contribution in [0.1, 0.15) is 5.56 Å². The molecule has 1 N–H and O–H groups in total. The van der Waals surface area contributed by atoms with Crippen molar-refractivity contribution in [3.05, 3.63) is 40.2 Å². The highest BCUT2D eigenvalue weighted by Gasteiger charge is 2.24. The van der Waals surface area contributed by atoms with Gasteiger partial charge in [0.05, 0.1) is 28.7 Å². The minimum Gasteiger partial charge on any atom is -0.491 e. The van der Waals surface area contributed by atoms with Gasteiger partial charge in [0.25, 0.3) is 0 Å². The van der Waals surface area contributed by atoms with Gasteiger partial charge in [0, 0.05) is 12.6 Å². The molecular weight excluding hydrogens is 308 g/mol. The molecule has 0 bridgehead atoms. The number of benzene rings is 1. The molecule has 0 saturated carbocycles. The van der Waals surface area contributed by atoms with Crippen LogP contribution in [0.15, 0.2) is 29.6 Å². The van der Waals surface area contributed by atoms with Gasteiger partial charge in [0.2, 0.25) is 5.91 Å². The SMILES string of the molecule is CN(CCOc1ccc(Cl)c2c1CC(=O)N2)c1cccs1. The fourth-order valence-electron chi connectivity index (χ4n) is 2.28. The second kappa shape index (κ2) is 5.95. The number of hydrogen-bond acceptors (Lipinski definition) is 4. The van der Waals surface area contributed by atoms with E-state index in [9.17, 15) is 4.79 Å². The molecule has 1 aliphatic heterocycles. The number of hydrogen-bond donors (Lipinski definition) is 1. The Hall–Kier alpha value is -1.72. The number of nitrogens with one attached hydrogen (secondary N) is 1. The lowest BCUT2D eigenvalue weighted by atomic mass is 10.1. The van der Waals surface area contributed by atoms with E-state index in [2.05, 4.69) is 21.7 Å². The zero-order valence-electron chi connectivity index (χ0n) is 11.6. The molecule has 0 radical (unpaired) electrons. The Labute approximate surface area is 132 Å². The maximum atomic E-state index is 11.5. The van der Waals surface area contributed by atoms with E-state index in [1.807, 2.05) is 19.2 Å². The Balaban J connectivity index is 1.64. The van der Waals surface area contributed by atoms with Crippen molar-refractivity contribution in [2.75, 3.05) is 30.4 Å². The molecule has 1 amide bonds. The van der Waals surface area contributed by atoms with Gasteiger partial charge >= 0.3 is 0 Å². The minimum absolute atomic E-state index is 0.0429. The summed E-state index contributed by atoms with van der Waals surface area (Å²) in [4.78, 5) is 13.7. The van der Waals surface area contributed by atoms with Crippen molar-refractivity contribution in [3.63, 3.8) is 0 Å². The van der Waals surface area contributed by atoms with Gasteiger partial charge in [-0.1, -0.05) is 11.6 Å². The van der Waals surface area contributed by atoms with E-state index in [1.54, 1.807) is 17.4 Å². The van der Waals surface area contributed by atoms with Gasteiger partial charge in [-0.3, -0.25) is 4.79 Å². The molecule has 21 heavy (non-hydrogen) atoms. The van der Waals surface area contributed by atoms with E-state index < -0.39 is 0 Å². The van der Waals surface area contributed by atoms with Crippen molar-refractivity contribution in [1.82, 2.24) is 0 Å². The summed E-state index contributed by atoms with van der Waals surface area (Å²) in [7, 11) is 2.03. The third-order valence-electron chi connectivity index (χ3n) is 3.39. The predicted molar refractivity (Wildman–Crippen MR) is 86.9 cm³/mol. The lowest BCUT2D eigenvalue weighted by Gasteiger charge is -2.18. The van der Waals surface area contributed by atoms with E-state index in [0.717, 1.165) is 17.9 Å². The molecule has 2 heterocycles. The summed E-state index contributed by atoms with van der Waals surface area (Å²) in [6.45, 7) is 1.33. The van der Waals surface area contributed by atoms with Crippen LogP contribution in [-0.2, 0) is 11.2 Å². The molecule has 0 fully saturated rings. The van der Waals surface area contributed by atoms with Crippen LogP contribution in [0, 0.1) is 0 Å². The first kappa shape index (κ1) is 14.2. The van der Waals surface area contributed by atoms with E-state index in [1.165, 1.54) is 5.00 Å². The van der Waals surface area contributed by atoms with E-state index in [0.29, 0.717) is 23.7 Å². The molecule has 0 unspecified atom stereocenters. The standard InChI is InChI=1S/C15H15ClN2O2S/c1-18(14-3-2-8-21-14)6-7-20-12-5-4-11(16)15-10(12)9-13(19)17-15/h2-5,8H,6-7,9H2,1H3,(H,17,19). The molecule has 0 aliphatic carbocycles. The number of ether oxygens (including phenoxy) is 1. The largest absolute Gasteiger partial charge is 0.491 e. The quantitative estimate of drug-likeness (QED) is 0.917. The Morgan fingerprint density at radius 3 is 3.05 bits per heavy atom. The minimum atomic E-state index is -0.0429. The molecule has 6 heteroatoms. The highest BCUT2D eigenvalue weighted by atomic mass is 35.5. The third kappa shape index (κ3) is 2.99. The van der Waals surface area contributed by atoms with Crippen molar-refractivity contribution < 1.29 is 9.53 Å². The number of carbonyl (C=O) groups excluding carboxylic acids is 1. The van der Waals surface area contributed by atoms with Gasteiger partial charge in [-0.25, -0.2) is 0 Å². The number of amides is 1. The molecule has 1 aromatic heterocycles. The number of thiophene rings is 1. The average molecular weight is 323 g/mol. The predicted octanol–water partition coefficient (Wildman–Crippen LogP) is 3.41. The number of halogens is 1. The highest BCUT2D eigenvalue weighted by molar-refractivity contribution is 7.14. The van der Waals surface area contributed by atoms with Gasteiger partial charge in [-0.2, -0.15) is 0 Å². The van der Waals surface area contributed by atoms with Crippen LogP contribution in [0.3, 0.4) is 0 Å². The van der Waals surface area contributed by atoms with E-state index in [4.69, 9.17) is 16.3 Å². The van der Waals surface area contributed by atoms with Crippen molar-refractivity contribution in [2.45, 2.75) is 6.42 Å². The van der Waals surface area contributed by atoms with E-state index >= 15 is 0 Å². The van der Waals surface area contributed by atoms with Gasteiger partial charge < -0.3 is 15.0 Å². The molecule has 4 nitrogen and oxygen atoms in total. The van der Waals surface area contributed by atoms with Gasteiger partial charge in [-0.15, -0.1) is 11.3 Å². The van der Waals surface area contributed by atoms with Gasteiger partial charge in [0.1, 0.15) is 12.4 Å². The Morgan fingerprint density at radius 1 is 1.43 bits per heavy atom. The van der Waals surface area contributed by atoms with Crippen LogP contribution in [-0.4, -0.2) is 26.1 Å². The van der Waals surface area contributed by atoms with Crippen molar-refractivity contribution >= 4 is 39.5 Å². The normalized spacial score (nSPS) is 13.0. The summed E-state index contributed by atoms with van der Waals surface area (Å²) in [5.74, 6) is 0.686. The second-order valence-electron chi connectivity index (χ2n) is 4.85. The second-order valence-corrected chi connectivity index (χ2v) is 6.18. The van der Waals surface area contributed by atoms with Crippen molar-refractivity contribution in [2.24, 2.45) is 0 Å². The molecule has 0 atom stereocenters.